The van der Waals surface area contributed by atoms with Crippen molar-refractivity contribution in [1.82, 2.24) is 10.3 Å². The maximum Gasteiger partial charge on any atom is 0.252 e. The van der Waals surface area contributed by atoms with Gasteiger partial charge in [-0.1, -0.05) is 47.7 Å². The summed E-state index contributed by atoms with van der Waals surface area (Å²) in [5, 5.41) is 3.80. The SMILES string of the molecule is Cc1cccc(C(=O)NCC#CCOc2cccc3cccnc23)c1. The monoisotopic (exact) mass is 330 g/mol. The number of benzene rings is 2. The third-order valence-electron chi connectivity index (χ3n) is 3.64. The number of para-hydroxylation sites is 1. The van der Waals surface area contributed by atoms with Gasteiger partial charge in [-0.25, -0.2) is 0 Å². The Balaban J connectivity index is 1.51. The minimum absolute atomic E-state index is 0.128. The van der Waals surface area contributed by atoms with E-state index in [-0.39, 0.29) is 19.1 Å². The molecule has 0 aliphatic rings. The first-order valence-electron chi connectivity index (χ1n) is 8.01. The minimum Gasteiger partial charge on any atom is -0.479 e. The smallest absolute Gasteiger partial charge is 0.252 e. The first-order chi connectivity index (χ1) is 12.2. The molecule has 2 aromatic carbocycles. The lowest BCUT2D eigenvalue weighted by Gasteiger charge is -2.05. The van der Waals surface area contributed by atoms with Crippen LogP contribution in [-0.4, -0.2) is 24.0 Å². The largest absolute Gasteiger partial charge is 0.479 e. The fourth-order valence-electron chi connectivity index (χ4n) is 2.43. The summed E-state index contributed by atoms with van der Waals surface area (Å²) in [4.78, 5) is 16.3. The van der Waals surface area contributed by atoms with Gasteiger partial charge < -0.3 is 10.1 Å². The number of hydrogen-bond acceptors (Lipinski definition) is 3. The predicted octanol–water partition coefficient (Wildman–Crippen LogP) is 3.36. The van der Waals surface area contributed by atoms with E-state index in [1.807, 2.05) is 55.5 Å². The number of aromatic nitrogens is 1. The van der Waals surface area contributed by atoms with Gasteiger partial charge in [-0.15, -0.1) is 0 Å². The zero-order chi connectivity index (χ0) is 17.5. The lowest BCUT2D eigenvalue weighted by molar-refractivity contribution is 0.0958. The van der Waals surface area contributed by atoms with Crippen LogP contribution >= 0.6 is 0 Å². The van der Waals surface area contributed by atoms with E-state index in [0.717, 1.165) is 16.5 Å². The maximum atomic E-state index is 12.0. The van der Waals surface area contributed by atoms with Crippen molar-refractivity contribution in [2.45, 2.75) is 6.92 Å². The first-order valence-corrected chi connectivity index (χ1v) is 8.01. The summed E-state index contributed by atoms with van der Waals surface area (Å²) >= 11 is 0. The summed E-state index contributed by atoms with van der Waals surface area (Å²) in [6.07, 6.45) is 1.74. The number of pyridine rings is 1. The molecule has 3 aromatic rings. The van der Waals surface area contributed by atoms with Crippen molar-refractivity contribution in [3.05, 3.63) is 71.9 Å². The van der Waals surface area contributed by atoms with E-state index in [0.29, 0.717) is 11.3 Å². The summed E-state index contributed by atoms with van der Waals surface area (Å²) in [7, 11) is 0. The second kappa shape index (κ2) is 7.98. The molecule has 1 heterocycles. The highest BCUT2D eigenvalue weighted by Gasteiger charge is 2.03. The number of carbonyl (C=O) groups is 1. The number of nitrogens with one attached hydrogen (secondary N) is 1. The molecule has 0 saturated carbocycles. The first kappa shape index (κ1) is 16.5. The molecule has 1 aromatic heterocycles. The van der Waals surface area contributed by atoms with Gasteiger partial charge in [0.2, 0.25) is 0 Å². The molecular formula is C21H18N2O2. The lowest BCUT2D eigenvalue weighted by atomic mass is 10.1. The fourth-order valence-corrected chi connectivity index (χ4v) is 2.43. The molecule has 0 radical (unpaired) electrons. The number of hydrogen-bond donors (Lipinski definition) is 1. The van der Waals surface area contributed by atoms with Crippen molar-refractivity contribution >= 4 is 16.8 Å². The molecule has 0 saturated heterocycles. The van der Waals surface area contributed by atoms with Gasteiger partial charge in [0.1, 0.15) is 17.9 Å². The second-order valence-corrected chi connectivity index (χ2v) is 5.53. The van der Waals surface area contributed by atoms with Gasteiger partial charge in [-0.3, -0.25) is 9.78 Å². The Morgan fingerprint density at radius 1 is 1.12 bits per heavy atom. The summed E-state index contributed by atoms with van der Waals surface area (Å²) in [5.41, 5.74) is 2.51. The van der Waals surface area contributed by atoms with Crippen LogP contribution in [0.1, 0.15) is 15.9 Å². The van der Waals surface area contributed by atoms with Crippen LogP contribution in [-0.2, 0) is 0 Å². The van der Waals surface area contributed by atoms with Crippen molar-refractivity contribution in [1.29, 1.82) is 0 Å². The molecule has 0 atom stereocenters. The predicted molar refractivity (Wildman–Crippen MR) is 98.5 cm³/mol. The molecule has 124 valence electrons. The number of fused-ring (bicyclic) bond motifs is 1. The molecule has 1 amide bonds. The highest BCUT2D eigenvalue weighted by Crippen LogP contribution is 2.22. The molecule has 0 spiro atoms. The van der Waals surface area contributed by atoms with Gasteiger partial charge in [0, 0.05) is 17.1 Å². The number of rotatable bonds is 4. The van der Waals surface area contributed by atoms with Gasteiger partial charge in [0.25, 0.3) is 5.91 Å². The Morgan fingerprint density at radius 3 is 2.84 bits per heavy atom. The van der Waals surface area contributed by atoms with E-state index in [9.17, 15) is 4.79 Å². The summed E-state index contributed by atoms with van der Waals surface area (Å²) in [5.74, 6) is 6.37. The van der Waals surface area contributed by atoms with Gasteiger partial charge in [-0.05, 0) is 31.2 Å². The van der Waals surface area contributed by atoms with Crippen LogP contribution in [0.25, 0.3) is 10.9 Å². The Kier molecular flexibility index (Phi) is 5.28. The van der Waals surface area contributed by atoms with Crippen LogP contribution in [0.2, 0.25) is 0 Å². The van der Waals surface area contributed by atoms with E-state index in [1.54, 1.807) is 12.3 Å². The van der Waals surface area contributed by atoms with Crippen molar-refractivity contribution in [2.24, 2.45) is 0 Å². The third kappa shape index (κ3) is 4.36. The van der Waals surface area contributed by atoms with Gasteiger partial charge in [0.05, 0.1) is 6.54 Å². The average Bonchev–Trinajstić information content (AvgIpc) is 2.64. The van der Waals surface area contributed by atoms with Crippen molar-refractivity contribution in [2.75, 3.05) is 13.2 Å². The summed E-state index contributed by atoms with van der Waals surface area (Å²) in [6.45, 7) is 2.48. The molecule has 4 heteroatoms. The van der Waals surface area contributed by atoms with Crippen LogP contribution in [0, 0.1) is 18.8 Å². The van der Waals surface area contributed by atoms with Gasteiger partial charge in [-0.2, -0.15) is 0 Å². The highest BCUT2D eigenvalue weighted by molar-refractivity contribution is 5.94. The second-order valence-electron chi connectivity index (χ2n) is 5.53. The molecule has 0 unspecified atom stereocenters. The fraction of sp³-hybridized carbons (Fsp3) is 0.143. The normalized spacial score (nSPS) is 9.96. The van der Waals surface area contributed by atoms with E-state index < -0.39 is 0 Å². The topological polar surface area (TPSA) is 51.2 Å². The van der Waals surface area contributed by atoms with Crippen LogP contribution < -0.4 is 10.1 Å². The molecule has 3 rings (SSSR count). The van der Waals surface area contributed by atoms with Crippen molar-refractivity contribution in [3.8, 4) is 17.6 Å². The number of aryl methyl sites for hydroxylation is 1. The lowest BCUT2D eigenvalue weighted by Crippen LogP contribution is -2.23. The van der Waals surface area contributed by atoms with Gasteiger partial charge >= 0.3 is 0 Å². The van der Waals surface area contributed by atoms with Crippen LogP contribution in [0.15, 0.2) is 60.8 Å². The van der Waals surface area contributed by atoms with Crippen molar-refractivity contribution in [3.63, 3.8) is 0 Å². The highest BCUT2D eigenvalue weighted by atomic mass is 16.5. The summed E-state index contributed by atoms with van der Waals surface area (Å²) < 4.78 is 5.68. The Bertz CT molecular complexity index is 949. The molecule has 0 aliphatic carbocycles. The van der Waals surface area contributed by atoms with Crippen LogP contribution in [0.5, 0.6) is 5.75 Å². The minimum atomic E-state index is -0.128. The molecule has 0 fully saturated rings. The third-order valence-corrected chi connectivity index (χ3v) is 3.64. The molecular weight excluding hydrogens is 312 g/mol. The average molecular weight is 330 g/mol. The Hall–Kier alpha value is -3.32. The zero-order valence-corrected chi connectivity index (χ0v) is 14.0. The number of amides is 1. The maximum absolute atomic E-state index is 12.0. The molecule has 1 N–H and O–H groups in total. The van der Waals surface area contributed by atoms with Gasteiger partial charge in [0.15, 0.2) is 0 Å². The quantitative estimate of drug-likeness (QED) is 0.746. The van der Waals surface area contributed by atoms with Crippen molar-refractivity contribution < 1.29 is 9.53 Å². The number of carbonyl (C=O) groups excluding carboxylic acids is 1. The van der Waals surface area contributed by atoms with Crippen LogP contribution in [0.4, 0.5) is 0 Å². The van der Waals surface area contributed by atoms with Crippen LogP contribution in [0.3, 0.4) is 0 Å². The van der Waals surface area contributed by atoms with E-state index >= 15 is 0 Å². The zero-order valence-electron chi connectivity index (χ0n) is 14.0. The van der Waals surface area contributed by atoms with E-state index in [4.69, 9.17) is 4.74 Å². The number of nitrogens with zero attached hydrogens (tertiary/aromatic N) is 1. The summed E-state index contributed by atoms with van der Waals surface area (Å²) in [6, 6.07) is 17.1. The molecule has 0 bridgehead atoms. The molecule has 4 nitrogen and oxygen atoms in total. The van der Waals surface area contributed by atoms with E-state index in [2.05, 4.69) is 22.1 Å². The van der Waals surface area contributed by atoms with E-state index in [1.165, 1.54) is 0 Å². The Morgan fingerprint density at radius 2 is 1.96 bits per heavy atom. The molecule has 25 heavy (non-hydrogen) atoms. The Labute approximate surface area is 146 Å². The standard InChI is InChI=1S/C21H18N2O2/c1-16-7-4-9-18(15-16)21(24)23-12-2-3-14-25-19-11-5-8-17-10-6-13-22-20(17)19/h4-11,13,15H,12,14H2,1H3,(H,23,24). The molecule has 0 aliphatic heterocycles. The number of ether oxygens (including phenoxy) is 1.